The Hall–Kier alpha value is -4.36. The Morgan fingerprint density at radius 2 is 0.667 bits per heavy atom. The molecule has 10 heteroatoms. The summed E-state index contributed by atoms with van der Waals surface area (Å²) in [5.74, 6) is 0. The summed E-state index contributed by atoms with van der Waals surface area (Å²) in [6.45, 7) is 9.04. The molecule has 0 N–H and O–H groups in total. The number of aryl methyl sites for hydroxylation is 4. The van der Waals surface area contributed by atoms with Crippen LogP contribution in [0.25, 0.3) is 60.9 Å². The SMILES string of the molecule is CCCCCCc1cc(C=C(C#N)C#N)sc1-c1cc(CCCCCC)c(-c2ccc(-c3ccc(-c4sc(-c5sc(C=C(C#N)C#N)cc5CCCCCC)cc4CCCCCC)s3)s2)s1. The lowest BCUT2D eigenvalue weighted by molar-refractivity contribution is 0.667. The van der Waals surface area contributed by atoms with Gasteiger partial charge in [0.1, 0.15) is 35.4 Å². The van der Waals surface area contributed by atoms with E-state index >= 15 is 0 Å². The van der Waals surface area contributed by atoms with Gasteiger partial charge in [-0.15, -0.1) is 68.0 Å². The van der Waals surface area contributed by atoms with Crippen molar-refractivity contribution < 1.29 is 0 Å². The van der Waals surface area contributed by atoms with Gasteiger partial charge in [-0.2, -0.15) is 21.0 Å². The number of unbranched alkanes of at least 4 members (excludes halogenated alkanes) is 12. The van der Waals surface area contributed by atoms with E-state index in [9.17, 15) is 21.0 Å². The zero-order valence-corrected chi connectivity index (χ0v) is 44.1. The van der Waals surface area contributed by atoms with Gasteiger partial charge in [0.05, 0.1) is 0 Å². The monoisotopic (exact) mass is 982 g/mol. The van der Waals surface area contributed by atoms with E-state index in [4.69, 9.17) is 0 Å². The van der Waals surface area contributed by atoms with Crippen LogP contribution in [0.4, 0.5) is 0 Å². The maximum absolute atomic E-state index is 9.55. The van der Waals surface area contributed by atoms with Crippen LogP contribution in [0.5, 0.6) is 0 Å². The number of hydrogen-bond acceptors (Lipinski definition) is 10. The van der Waals surface area contributed by atoms with Crippen molar-refractivity contribution in [3.05, 3.63) is 91.7 Å². The van der Waals surface area contributed by atoms with E-state index in [0.717, 1.165) is 48.3 Å². The molecule has 0 aliphatic carbocycles. The summed E-state index contributed by atoms with van der Waals surface area (Å²) in [6, 6.07) is 26.9. The second-order valence-corrected chi connectivity index (χ2v) is 23.5. The molecule has 6 aromatic heterocycles. The Morgan fingerprint density at radius 1 is 0.364 bits per heavy atom. The summed E-state index contributed by atoms with van der Waals surface area (Å²) >= 11 is 11.1. The molecular weight excluding hydrogens is 921 g/mol. The number of hydrogen-bond donors (Lipinski definition) is 0. The Labute approximate surface area is 418 Å². The predicted octanol–water partition coefficient (Wildman–Crippen LogP) is 19.7. The first-order chi connectivity index (χ1) is 32.4. The molecule has 6 rings (SSSR count). The molecule has 0 saturated carbocycles. The molecule has 0 radical (unpaired) electrons. The third kappa shape index (κ3) is 13.9. The van der Waals surface area contributed by atoms with Crippen molar-refractivity contribution in [3.63, 3.8) is 0 Å². The zero-order chi connectivity index (χ0) is 46.7. The number of nitrogens with zero attached hydrogens (tertiary/aromatic N) is 4. The third-order valence-electron chi connectivity index (χ3n) is 11.9. The second kappa shape index (κ2) is 26.8. The van der Waals surface area contributed by atoms with Crippen molar-refractivity contribution in [1.29, 1.82) is 21.0 Å². The minimum absolute atomic E-state index is 0.148. The van der Waals surface area contributed by atoms with E-state index in [-0.39, 0.29) is 11.1 Å². The molecule has 0 aliphatic heterocycles. The number of thiophene rings is 6. The highest BCUT2D eigenvalue weighted by Gasteiger charge is 2.22. The Kier molecular flexibility index (Phi) is 20.8. The smallest absolute Gasteiger partial charge is 0.131 e. The van der Waals surface area contributed by atoms with Crippen molar-refractivity contribution >= 4 is 80.2 Å². The summed E-state index contributed by atoms with van der Waals surface area (Å²) in [5, 5.41) is 38.2. The Bertz CT molecular complexity index is 2510. The van der Waals surface area contributed by atoms with Crippen molar-refractivity contribution in [2.24, 2.45) is 0 Å². The van der Waals surface area contributed by atoms with E-state index in [0.29, 0.717) is 0 Å². The average Bonchev–Trinajstić information content (AvgIpc) is 4.20. The van der Waals surface area contributed by atoms with Crippen LogP contribution in [-0.4, -0.2) is 0 Å². The molecule has 0 atom stereocenters. The predicted molar refractivity (Wildman–Crippen MR) is 291 cm³/mol. The van der Waals surface area contributed by atoms with Crippen molar-refractivity contribution in [2.45, 2.75) is 156 Å². The van der Waals surface area contributed by atoms with Crippen LogP contribution in [0.15, 0.2) is 59.7 Å². The Balaban J connectivity index is 1.35. The quantitative estimate of drug-likeness (QED) is 0.0379. The van der Waals surface area contributed by atoms with Gasteiger partial charge in [0.15, 0.2) is 0 Å². The van der Waals surface area contributed by atoms with Gasteiger partial charge in [0.25, 0.3) is 0 Å². The molecule has 0 bridgehead atoms. The van der Waals surface area contributed by atoms with Crippen LogP contribution in [0, 0.1) is 45.3 Å². The lowest BCUT2D eigenvalue weighted by Crippen LogP contribution is -1.86. The van der Waals surface area contributed by atoms with Crippen molar-refractivity contribution in [1.82, 2.24) is 0 Å². The van der Waals surface area contributed by atoms with Gasteiger partial charge in [-0.05, 0) is 134 Å². The standard InChI is InChI=1S/C56H62N4S6/c1-5-9-13-17-21-41-31-45(29-39(35-57)36-58)61-55(41)51-33-43(23-19-15-11-7-3)53(65-51)49-27-25-47(63-49)48-26-28-50(64-48)54-44(24-20-16-12-8-4)34-52(66-54)56-42(22-18-14-10-6-2)32-46(62-56)30-40(37-59)38-60/h25-34H,5-24H2,1-4H3. The lowest BCUT2D eigenvalue weighted by Gasteiger charge is -2.02. The van der Waals surface area contributed by atoms with Gasteiger partial charge in [-0.25, -0.2) is 0 Å². The highest BCUT2D eigenvalue weighted by atomic mass is 32.1. The molecule has 0 spiro atoms. The van der Waals surface area contributed by atoms with Crippen LogP contribution in [0.3, 0.4) is 0 Å². The van der Waals surface area contributed by atoms with Crippen LogP contribution >= 0.6 is 68.0 Å². The molecule has 6 heterocycles. The van der Waals surface area contributed by atoms with E-state index in [2.05, 4.69) is 101 Å². The molecular formula is C56H62N4S6. The zero-order valence-electron chi connectivity index (χ0n) is 39.2. The summed E-state index contributed by atoms with van der Waals surface area (Å²) < 4.78 is 0. The highest BCUT2D eigenvalue weighted by molar-refractivity contribution is 7.30. The first-order valence-electron chi connectivity index (χ1n) is 24.1. The maximum Gasteiger partial charge on any atom is 0.131 e. The van der Waals surface area contributed by atoms with Gasteiger partial charge in [0.2, 0.25) is 0 Å². The summed E-state index contributed by atoms with van der Waals surface area (Å²) in [5.41, 5.74) is 5.80. The van der Waals surface area contributed by atoms with Gasteiger partial charge in [0, 0.05) is 58.5 Å². The molecule has 0 saturated heterocycles. The topological polar surface area (TPSA) is 95.2 Å². The molecule has 0 aromatic carbocycles. The number of allylic oxidation sites excluding steroid dienone is 2. The lowest BCUT2D eigenvalue weighted by atomic mass is 10.0. The van der Waals surface area contributed by atoms with E-state index < -0.39 is 0 Å². The third-order valence-corrected chi connectivity index (χ3v) is 19.6. The number of nitriles is 4. The van der Waals surface area contributed by atoms with Gasteiger partial charge in [-0.1, -0.05) is 105 Å². The molecule has 0 amide bonds. The molecule has 0 aliphatic rings. The maximum atomic E-state index is 9.55. The Morgan fingerprint density at radius 3 is 0.985 bits per heavy atom. The molecule has 0 fully saturated rings. The van der Waals surface area contributed by atoms with Gasteiger partial charge < -0.3 is 0 Å². The molecule has 4 nitrogen and oxygen atoms in total. The minimum atomic E-state index is 0.148. The normalized spacial score (nSPS) is 11.0. The summed E-state index contributed by atoms with van der Waals surface area (Å²) in [7, 11) is 0. The molecule has 342 valence electrons. The van der Waals surface area contributed by atoms with Crippen molar-refractivity contribution in [3.8, 4) is 73.0 Å². The first-order valence-corrected chi connectivity index (χ1v) is 29.0. The van der Waals surface area contributed by atoms with Gasteiger partial charge >= 0.3 is 0 Å². The minimum Gasteiger partial charge on any atom is -0.192 e. The average molecular weight is 984 g/mol. The van der Waals surface area contributed by atoms with Crippen LogP contribution in [0.2, 0.25) is 0 Å². The summed E-state index contributed by atoms with van der Waals surface area (Å²) in [6.07, 6.45) is 26.9. The van der Waals surface area contributed by atoms with E-state index in [1.165, 1.54) is 161 Å². The molecule has 6 aromatic rings. The van der Waals surface area contributed by atoms with Gasteiger partial charge in [-0.3, -0.25) is 0 Å². The van der Waals surface area contributed by atoms with Crippen LogP contribution in [-0.2, 0) is 25.7 Å². The fourth-order valence-corrected chi connectivity index (χ4v) is 15.7. The summed E-state index contributed by atoms with van der Waals surface area (Å²) in [4.78, 5) is 15.1. The van der Waals surface area contributed by atoms with Crippen molar-refractivity contribution in [2.75, 3.05) is 0 Å². The number of rotatable bonds is 27. The molecule has 0 unspecified atom stereocenters. The fourth-order valence-electron chi connectivity index (χ4n) is 8.32. The van der Waals surface area contributed by atoms with E-state index in [1.54, 1.807) is 34.8 Å². The van der Waals surface area contributed by atoms with Crippen LogP contribution < -0.4 is 0 Å². The molecule has 66 heavy (non-hydrogen) atoms. The second-order valence-electron chi connectivity index (χ2n) is 17.1. The highest BCUT2D eigenvalue weighted by Crippen LogP contribution is 2.50. The fraction of sp³-hybridized carbons (Fsp3) is 0.429. The van der Waals surface area contributed by atoms with Crippen LogP contribution in [0.1, 0.15) is 162 Å². The van der Waals surface area contributed by atoms with E-state index in [1.807, 2.05) is 45.3 Å². The first kappa shape index (κ1) is 51.0. The largest absolute Gasteiger partial charge is 0.192 e.